The number of carbonyl (C=O) groups excluding carboxylic acids is 2. The van der Waals surface area contributed by atoms with Gasteiger partial charge in [0.25, 0.3) is 0 Å². The second-order valence-corrected chi connectivity index (χ2v) is 6.52. The van der Waals surface area contributed by atoms with Gasteiger partial charge in [0.2, 0.25) is 11.8 Å². The van der Waals surface area contributed by atoms with Crippen LogP contribution in [0.2, 0.25) is 0 Å². The SMILES string of the molecule is CC(C)(C)C(=O)Nc1cccc(NC(=O)CNCc2ccco2)c1. The lowest BCUT2D eigenvalue weighted by Crippen LogP contribution is -2.28. The highest BCUT2D eigenvalue weighted by Gasteiger charge is 2.21. The molecule has 0 aliphatic carbocycles. The van der Waals surface area contributed by atoms with Crippen LogP contribution in [0, 0.1) is 5.41 Å². The molecule has 1 aromatic carbocycles. The summed E-state index contributed by atoms with van der Waals surface area (Å²) in [6.07, 6.45) is 1.59. The third-order valence-corrected chi connectivity index (χ3v) is 3.25. The Morgan fingerprint density at radius 3 is 2.38 bits per heavy atom. The number of benzene rings is 1. The summed E-state index contributed by atoms with van der Waals surface area (Å²) in [6, 6.07) is 10.7. The number of hydrogen-bond acceptors (Lipinski definition) is 4. The van der Waals surface area contributed by atoms with E-state index in [1.807, 2.05) is 26.8 Å². The second kappa shape index (κ2) is 7.79. The zero-order chi connectivity index (χ0) is 17.6. The molecule has 0 spiro atoms. The van der Waals surface area contributed by atoms with Gasteiger partial charge in [0, 0.05) is 16.8 Å². The molecular formula is C18H23N3O3. The summed E-state index contributed by atoms with van der Waals surface area (Å²) in [4.78, 5) is 23.9. The van der Waals surface area contributed by atoms with Gasteiger partial charge in [-0.3, -0.25) is 9.59 Å². The molecule has 0 aliphatic heterocycles. The van der Waals surface area contributed by atoms with Crippen LogP contribution in [0.3, 0.4) is 0 Å². The van der Waals surface area contributed by atoms with Gasteiger partial charge in [-0.1, -0.05) is 26.8 Å². The maximum Gasteiger partial charge on any atom is 0.238 e. The van der Waals surface area contributed by atoms with Crippen molar-refractivity contribution in [1.29, 1.82) is 0 Å². The minimum absolute atomic E-state index is 0.0777. The molecule has 0 unspecified atom stereocenters. The van der Waals surface area contributed by atoms with Crippen LogP contribution in [0.25, 0.3) is 0 Å². The van der Waals surface area contributed by atoms with Crippen molar-refractivity contribution in [2.24, 2.45) is 5.41 Å². The zero-order valence-corrected chi connectivity index (χ0v) is 14.2. The van der Waals surface area contributed by atoms with E-state index in [1.54, 1.807) is 36.6 Å². The first-order valence-corrected chi connectivity index (χ1v) is 7.79. The number of carbonyl (C=O) groups is 2. The van der Waals surface area contributed by atoms with Crippen molar-refractivity contribution in [1.82, 2.24) is 5.32 Å². The van der Waals surface area contributed by atoms with Gasteiger partial charge in [-0.25, -0.2) is 0 Å². The predicted octanol–water partition coefficient (Wildman–Crippen LogP) is 2.99. The lowest BCUT2D eigenvalue weighted by molar-refractivity contribution is -0.123. The van der Waals surface area contributed by atoms with E-state index in [9.17, 15) is 9.59 Å². The third kappa shape index (κ3) is 5.55. The quantitative estimate of drug-likeness (QED) is 0.761. The molecule has 3 N–H and O–H groups in total. The van der Waals surface area contributed by atoms with Gasteiger partial charge < -0.3 is 20.4 Å². The lowest BCUT2D eigenvalue weighted by Gasteiger charge is -2.18. The number of furan rings is 1. The first kappa shape index (κ1) is 17.7. The monoisotopic (exact) mass is 329 g/mol. The van der Waals surface area contributed by atoms with Gasteiger partial charge in [-0.2, -0.15) is 0 Å². The second-order valence-electron chi connectivity index (χ2n) is 6.52. The summed E-state index contributed by atoms with van der Waals surface area (Å²) < 4.78 is 5.18. The largest absolute Gasteiger partial charge is 0.468 e. The van der Waals surface area contributed by atoms with E-state index >= 15 is 0 Å². The Balaban J connectivity index is 1.84. The molecule has 0 fully saturated rings. The number of anilines is 2. The van der Waals surface area contributed by atoms with Gasteiger partial charge in [0.05, 0.1) is 19.4 Å². The van der Waals surface area contributed by atoms with E-state index in [0.29, 0.717) is 17.9 Å². The Morgan fingerprint density at radius 1 is 1.04 bits per heavy atom. The number of rotatable bonds is 6. The van der Waals surface area contributed by atoms with Gasteiger partial charge in [-0.15, -0.1) is 0 Å². The summed E-state index contributed by atoms with van der Waals surface area (Å²) in [5.41, 5.74) is 0.803. The van der Waals surface area contributed by atoms with Crippen LogP contribution < -0.4 is 16.0 Å². The first-order chi connectivity index (χ1) is 11.3. The summed E-state index contributed by atoms with van der Waals surface area (Å²) in [6.45, 7) is 6.19. The van der Waals surface area contributed by atoms with E-state index in [4.69, 9.17) is 4.42 Å². The molecule has 24 heavy (non-hydrogen) atoms. The minimum atomic E-state index is -0.477. The fourth-order valence-corrected chi connectivity index (χ4v) is 1.91. The van der Waals surface area contributed by atoms with Crippen molar-refractivity contribution < 1.29 is 14.0 Å². The topological polar surface area (TPSA) is 83.4 Å². The van der Waals surface area contributed by atoms with E-state index in [0.717, 1.165) is 5.76 Å². The Hall–Kier alpha value is -2.60. The molecule has 0 atom stereocenters. The number of amides is 2. The normalized spacial score (nSPS) is 11.1. The average molecular weight is 329 g/mol. The molecule has 2 rings (SSSR count). The van der Waals surface area contributed by atoms with Crippen LogP contribution in [-0.4, -0.2) is 18.4 Å². The molecule has 0 saturated heterocycles. The van der Waals surface area contributed by atoms with Gasteiger partial charge in [0.15, 0.2) is 0 Å². The van der Waals surface area contributed by atoms with E-state index in [2.05, 4.69) is 16.0 Å². The molecule has 6 nitrogen and oxygen atoms in total. The summed E-state index contributed by atoms with van der Waals surface area (Å²) in [5, 5.41) is 8.63. The van der Waals surface area contributed by atoms with Crippen LogP contribution in [-0.2, 0) is 16.1 Å². The molecule has 2 amide bonds. The molecule has 0 aliphatic rings. The van der Waals surface area contributed by atoms with Crippen molar-refractivity contribution in [2.45, 2.75) is 27.3 Å². The van der Waals surface area contributed by atoms with Crippen LogP contribution in [0.1, 0.15) is 26.5 Å². The van der Waals surface area contributed by atoms with Crippen molar-refractivity contribution in [3.63, 3.8) is 0 Å². The molecule has 6 heteroatoms. The Labute approximate surface area is 141 Å². The highest BCUT2D eigenvalue weighted by atomic mass is 16.3. The number of hydrogen-bond donors (Lipinski definition) is 3. The Bertz CT molecular complexity index is 688. The summed E-state index contributed by atoms with van der Waals surface area (Å²) >= 11 is 0. The Morgan fingerprint density at radius 2 is 1.75 bits per heavy atom. The lowest BCUT2D eigenvalue weighted by atomic mass is 9.95. The highest BCUT2D eigenvalue weighted by Crippen LogP contribution is 2.19. The average Bonchev–Trinajstić information content (AvgIpc) is 3.00. The van der Waals surface area contributed by atoms with Crippen LogP contribution in [0.4, 0.5) is 11.4 Å². The number of nitrogens with one attached hydrogen (secondary N) is 3. The van der Waals surface area contributed by atoms with Crippen molar-refractivity contribution >= 4 is 23.2 Å². The van der Waals surface area contributed by atoms with Crippen molar-refractivity contribution in [2.75, 3.05) is 17.2 Å². The van der Waals surface area contributed by atoms with Crippen LogP contribution >= 0.6 is 0 Å². The highest BCUT2D eigenvalue weighted by molar-refractivity contribution is 5.96. The molecule has 0 radical (unpaired) electrons. The van der Waals surface area contributed by atoms with Crippen molar-refractivity contribution in [3.05, 3.63) is 48.4 Å². The summed E-state index contributed by atoms with van der Waals surface area (Å²) in [7, 11) is 0. The first-order valence-electron chi connectivity index (χ1n) is 7.79. The molecular weight excluding hydrogens is 306 g/mol. The molecule has 0 saturated carbocycles. The molecule has 2 aromatic rings. The molecule has 128 valence electrons. The third-order valence-electron chi connectivity index (χ3n) is 3.25. The van der Waals surface area contributed by atoms with Gasteiger partial charge >= 0.3 is 0 Å². The van der Waals surface area contributed by atoms with Gasteiger partial charge in [-0.05, 0) is 30.3 Å². The van der Waals surface area contributed by atoms with Gasteiger partial charge in [0.1, 0.15) is 5.76 Å². The van der Waals surface area contributed by atoms with E-state index in [1.165, 1.54) is 0 Å². The fourth-order valence-electron chi connectivity index (χ4n) is 1.91. The van der Waals surface area contributed by atoms with Crippen molar-refractivity contribution in [3.8, 4) is 0 Å². The smallest absolute Gasteiger partial charge is 0.238 e. The maximum absolute atomic E-state index is 12.0. The van der Waals surface area contributed by atoms with E-state index in [-0.39, 0.29) is 18.4 Å². The van der Waals surface area contributed by atoms with Crippen LogP contribution in [0.15, 0.2) is 47.1 Å². The standard InChI is InChI=1S/C18H23N3O3/c1-18(2,3)17(23)21-14-7-4-6-13(10-14)20-16(22)12-19-11-15-8-5-9-24-15/h4-10,19H,11-12H2,1-3H3,(H,20,22)(H,21,23). The minimum Gasteiger partial charge on any atom is -0.468 e. The molecule has 0 bridgehead atoms. The summed E-state index contributed by atoms with van der Waals surface area (Å²) in [5.74, 6) is 0.529. The Kier molecular flexibility index (Phi) is 5.76. The predicted molar refractivity (Wildman–Crippen MR) is 93.6 cm³/mol. The van der Waals surface area contributed by atoms with E-state index < -0.39 is 5.41 Å². The maximum atomic E-state index is 12.0. The zero-order valence-electron chi connectivity index (χ0n) is 14.2. The molecule has 1 aromatic heterocycles. The molecule has 1 heterocycles. The van der Waals surface area contributed by atoms with Crippen LogP contribution in [0.5, 0.6) is 0 Å². The fraction of sp³-hybridized carbons (Fsp3) is 0.333.